The highest BCUT2D eigenvalue weighted by Crippen LogP contribution is 2.08. The predicted octanol–water partition coefficient (Wildman–Crippen LogP) is 5.57. The lowest BCUT2D eigenvalue weighted by atomic mass is 10.1. The summed E-state index contributed by atoms with van der Waals surface area (Å²) in [6.45, 7) is 2.49. The molecule has 0 aromatic heterocycles. The van der Waals surface area contributed by atoms with Crippen molar-refractivity contribution in [1.82, 2.24) is 5.32 Å². The van der Waals surface area contributed by atoms with Crippen molar-refractivity contribution in [3.8, 4) is 0 Å². The Bertz CT molecular complexity index is 510. The summed E-state index contributed by atoms with van der Waals surface area (Å²) < 4.78 is 0. The smallest absolute Gasteiger partial charge is 0.244 e. The molecule has 0 aromatic rings. The maximum Gasteiger partial charge on any atom is 0.244 e. The van der Waals surface area contributed by atoms with Gasteiger partial charge in [-0.25, -0.2) is 0 Å². The van der Waals surface area contributed by atoms with Crippen LogP contribution in [-0.4, -0.2) is 24.2 Å². The second kappa shape index (κ2) is 21.9. The van der Waals surface area contributed by atoms with Crippen LogP contribution in [0.1, 0.15) is 58.3 Å². The van der Waals surface area contributed by atoms with Crippen LogP contribution in [0.5, 0.6) is 0 Å². The molecule has 3 heteroatoms. The molecule has 0 saturated carbocycles. The summed E-state index contributed by atoms with van der Waals surface area (Å²) in [5.41, 5.74) is 0. The van der Waals surface area contributed by atoms with E-state index in [4.69, 9.17) is 5.11 Å². The largest absolute Gasteiger partial charge is 0.395 e. The number of amides is 1. The van der Waals surface area contributed by atoms with Crippen molar-refractivity contribution in [2.24, 2.45) is 0 Å². The zero-order valence-corrected chi connectivity index (χ0v) is 16.9. The number of carbonyl (C=O) groups excluding carboxylic acids is 1. The van der Waals surface area contributed by atoms with Crippen LogP contribution in [0.3, 0.4) is 0 Å². The maximum absolute atomic E-state index is 11.2. The molecule has 2 N–H and O–H groups in total. The fourth-order valence-corrected chi connectivity index (χ4v) is 2.29. The third-order valence-electron chi connectivity index (χ3n) is 3.77. The van der Waals surface area contributed by atoms with Crippen molar-refractivity contribution in [2.45, 2.75) is 58.3 Å². The minimum absolute atomic E-state index is 0.0477. The number of aliphatic hydroxyl groups excluding tert-OH is 1. The summed E-state index contributed by atoms with van der Waals surface area (Å²) >= 11 is 0. The van der Waals surface area contributed by atoms with Gasteiger partial charge in [0.2, 0.25) is 5.91 Å². The highest BCUT2D eigenvalue weighted by atomic mass is 16.3. The van der Waals surface area contributed by atoms with Gasteiger partial charge in [-0.15, -0.1) is 0 Å². The molecule has 0 aliphatic rings. The Kier molecular flexibility index (Phi) is 20.2. The molecule has 1 amide bonds. The van der Waals surface area contributed by atoms with Crippen molar-refractivity contribution < 1.29 is 9.90 Å². The van der Waals surface area contributed by atoms with Gasteiger partial charge >= 0.3 is 0 Å². The van der Waals surface area contributed by atoms with Crippen LogP contribution in [0.2, 0.25) is 0 Å². The summed E-state index contributed by atoms with van der Waals surface area (Å²) in [6, 6.07) is 0. The van der Waals surface area contributed by atoms with Gasteiger partial charge in [0.05, 0.1) is 6.61 Å². The number of hydrogen-bond donors (Lipinski definition) is 2. The molecule has 0 bridgehead atoms. The monoisotopic (exact) mass is 371 g/mol. The van der Waals surface area contributed by atoms with Gasteiger partial charge in [0.15, 0.2) is 0 Å². The molecule has 0 saturated heterocycles. The molecule has 0 aromatic carbocycles. The first-order valence-electron chi connectivity index (χ1n) is 10.2. The Balaban J connectivity index is 3.65. The minimum Gasteiger partial charge on any atom is -0.395 e. The highest BCUT2D eigenvalue weighted by molar-refractivity contribution is 5.87. The van der Waals surface area contributed by atoms with E-state index in [1.165, 1.54) is 51.0 Å². The topological polar surface area (TPSA) is 49.3 Å². The molecule has 3 nitrogen and oxygen atoms in total. The molecular weight excluding hydrogens is 334 g/mol. The number of rotatable bonds is 16. The zero-order valence-electron chi connectivity index (χ0n) is 16.9. The lowest BCUT2D eigenvalue weighted by Crippen LogP contribution is -2.24. The van der Waals surface area contributed by atoms with Crippen LogP contribution < -0.4 is 5.32 Å². The quantitative estimate of drug-likeness (QED) is 0.212. The van der Waals surface area contributed by atoms with Gasteiger partial charge < -0.3 is 10.4 Å². The first-order chi connectivity index (χ1) is 13.3. The fraction of sp³-hybridized carbons (Fsp3) is 0.458. The summed E-state index contributed by atoms with van der Waals surface area (Å²) in [7, 11) is 0. The Hall–Kier alpha value is -2.13. The number of aliphatic hydroxyl groups is 1. The van der Waals surface area contributed by atoms with E-state index in [0.717, 1.165) is 6.42 Å². The van der Waals surface area contributed by atoms with Crippen LogP contribution in [-0.2, 0) is 4.79 Å². The van der Waals surface area contributed by atoms with Gasteiger partial charge in [0, 0.05) is 12.6 Å². The van der Waals surface area contributed by atoms with Crippen LogP contribution in [0.25, 0.3) is 0 Å². The van der Waals surface area contributed by atoms with Crippen LogP contribution in [0.15, 0.2) is 72.9 Å². The molecule has 0 unspecified atom stereocenters. The second-order valence-corrected chi connectivity index (χ2v) is 6.25. The summed E-state index contributed by atoms with van der Waals surface area (Å²) in [6.07, 6.45) is 33.6. The summed E-state index contributed by atoms with van der Waals surface area (Å²) in [4.78, 5) is 11.2. The van der Waals surface area contributed by atoms with Crippen LogP contribution >= 0.6 is 0 Å². The molecule has 27 heavy (non-hydrogen) atoms. The van der Waals surface area contributed by atoms with E-state index in [0.29, 0.717) is 0 Å². The van der Waals surface area contributed by atoms with Gasteiger partial charge in [-0.1, -0.05) is 112 Å². The van der Waals surface area contributed by atoms with Gasteiger partial charge in [-0.3, -0.25) is 4.79 Å². The molecule has 150 valence electrons. The average Bonchev–Trinajstić information content (AvgIpc) is 2.68. The summed E-state index contributed by atoms with van der Waals surface area (Å²) in [5.74, 6) is -0.206. The van der Waals surface area contributed by atoms with Crippen LogP contribution in [0.4, 0.5) is 0 Å². The lowest BCUT2D eigenvalue weighted by molar-refractivity contribution is -0.116. The fourth-order valence-electron chi connectivity index (χ4n) is 2.29. The van der Waals surface area contributed by atoms with Crippen molar-refractivity contribution in [3.63, 3.8) is 0 Å². The molecular formula is C24H37NO2. The predicted molar refractivity (Wildman–Crippen MR) is 118 cm³/mol. The van der Waals surface area contributed by atoms with Crippen LogP contribution in [0, 0.1) is 0 Å². The van der Waals surface area contributed by atoms with Crippen molar-refractivity contribution in [3.05, 3.63) is 72.9 Å². The highest BCUT2D eigenvalue weighted by Gasteiger charge is 1.90. The third kappa shape index (κ3) is 21.8. The van der Waals surface area contributed by atoms with Gasteiger partial charge in [-0.2, -0.15) is 0 Å². The molecule has 0 aliphatic carbocycles. The molecule has 0 fully saturated rings. The minimum atomic E-state index is -0.206. The Morgan fingerprint density at radius 2 is 1.26 bits per heavy atom. The Morgan fingerprint density at radius 1 is 0.741 bits per heavy atom. The number of nitrogens with one attached hydrogen (secondary N) is 1. The Morgan fingerprint density at radius 3 is 1.85 bits per heavy atom. The lowest BCUT2D eigenvalue weighted by Gasteiger charge is -1.98. The van der Waals surface area contributed by atoms with E-state index in [9.17, 15) is 4.79 Å². The van der Waals surface area contributed by atoms with E-state index in [2.05, 4.69) is 30.5 Å². The number of hydrogen-bond acceptors (Lipinski definition) is 2. The first kappa shape index (κ1) is 24.9. The molecule has 0 rings (SSSR count). The molecule has 0 atom stereocenters. The standard InChI is InChI=1S/C24H37NO2/c1-2-3-4-5-6-7-8-9-10-11-12-13-14-15-16-17-18-19-20-21-24(27)25-22-23-26/h10-21,26H,2-9,22-23H2,1H3,(H,25,27)/b11-10+,13-12+,15-14+,17-16+,19-18+,21-20+. The van der Waals surface area contributed by atoms with Crippen molar-refractivity contribution in [1.29, 1.82) is 0 Å². The van der Waals surface area contributed by atoms with Gasteiger partial charge in [0.25, 0.3) is 0 Å². The molecule has 0 aliphatic heterocycles. The van der Waals surface area contributed by atoms with E-state index in [1.807, 2.05) is 36.5 Å². The first-order valence-corrected chi connectivity index (χ1v) is 10.2. The second-order valence-electron chi connectivity index (χ2n) is 6.25. The number of unbranched alkanes of at least 4 members (excludes halogenated alkanes) is 7. The van der Waals surface area contributed by atoms with Crippen molar-refractivity contribution >= 4 is 5.91 Å². The van der Waals surface area contributed by atoms with Gasteiger partial charge in [0.1, 0.15) is 0 Å². The van der Waals surface area contributed by atoms with Gasteiger partial charge in [-0.05, 0) is 12.8 Å². The third-order valence-corrected chi connectivity index (χ3v) is 3.77. The van der Waals surface area contributed by atoms with Crippen molar-refractivity contribution in [2.75, 3.05) is 13.2 Å². The van der Waals surface area contributed by atoms with E-state index in [-0.39, 0.29) is 19.1 Å². The SMILES string of the molecule is CCCCCCCCC/C=C/C=C/C=C/C=C/C=C/C=C/C(=O)NCCO. The zero-order chi connectivity index (χ0) is 19.8. The Labute approximate surface area is 166 Å². The maximum atomic E-state index is 11.2. The summed E-state index contributed by atoms with van der Waals surface area (Å²) in [5, 5.41) is 11.1. The van der Waals surface area contributed by atoms with E-state index in [1.54, 1.807) is 12.2 Å². The molecule has 0 radical (unpaired) electrons. The number of allylic oxidation sites excluding steroid dienone is 11. The molecule has 0 heterocycles. The molecule has 0 spiro atoms. The number of carbonyl (C=O) groups is 1. The van der Waals surface area contributed by atoms with E-state index >= 15 is 0 Å². The average molecular weight is 372 g/mol. The normalized spacial score (nSPS) is 12.8. The van der Waals surface area contributed by atoms with E-state index < -0.39 is 0 Å².